The van der Waals surface area contributed by atoms with Crippen LogP contribution < -0.4 is 5.32 Å². The Labute approximate surface area is 71.7 Å². The van der Waals surface area contributed by atoms with E-state index in [4.69, 9.17) is 0 Å². The van der Waals surface area contributed by atoms with Crippen LogP contribution in [0.2, 0.25) is 0 Å². The van der Waals surface area contributed by atoms with Crippen LogP contribution in [0.25, 0.3) is 0 Å². The van der Waals surface area contributed by atoms with Gasteiger partial charge >= 0.3 is 0 Å². The number of ketones is 1. The summed E-state index contributed by atoms with van der Waals surface area (Å²) >= 11 is 0. The molecule has 0 aromatic carbocycles. The smallest absolute Gasteiger partial charge is 0.167 e. The van der Waals surface area contributed by atoms with Gasteiger partial charge in [0.05, 0.1) is 0 Å². The molecule has 12 heavy (non-hydrogen) atoms. The Bertz CT molecular complexity index is 321. The van der Waals surface area contributed by atoms with Gasteiger partial charge in [0.15, 0.2) is 5.78 Å². The van der Waals surface area contributed by atoms with Crippen molar-refractivity contribution in [1.82, 2.24) is 5.32 Å². The Hall–Kier alpha value is -1.31. The molecule has 0 aromatic rings. The van der Waals surface area contributed by atoms with Gasteiger partial charge < -0.3 is 5.32 Å². The van der Waals surface area contributed by atoms with Crippen LogP contribution in [0, 0.1) is 0 Å². The molecule has 0 radical (unpaired) electrons. The summed E-state index contributed by atoms with van der Waals surface area (Å²) in [5.74, 6) is 0.266. The molecule has 0 fully saturated rings. The fourth-order valence-electron chi connectivity index (χ4n) is 1.63. The summed E-state index contributed by atoms with van der Waals surface area (Å²) in [5, 5.41) is 3.21. The molecule has 62 valence electrons. The number of Topliss-reactive ketones (excluding diaryl/α,β-unsaturated/α-hetero) is 1. The van der Waals surface area contributed by atoms with E-state index in [0.29, 0.717) is 6.42 Å². The number of allylic oxidation sites excluding steroid dienone is 5. The first-order valence-electron chi connectivity index (χ1n) is 4.19. The molecule has 1 aliphatic carbocycles. The standard InChI is InChI=1S/C10H11NO/c1-2-7-3-4-8-10(7)9(12)5-6-11-8/h2-4,11H,5-6H2,1H3/b7-2+. The van der Waals surface area contributed by atoms with E-state index in [2.05, 4.69) is 5.32 Å². The van der Waals surface area contributed by atoms with E-state index >= 15 is 0 Å². The molecule has 0 bridgehead atoms. The maximum Gasteiger partial charge on any atom is 0.167 e. The van der Waals surface area contributed by atoms with Gasteiger partial charge in [-0.15, -0.1) is 0 Å². The van der Waals surface area contributed by atoms with E-state index in [0.717, 1.165) is 23.4 Å². The highest BCUT2D eigenvalue weighted by molar-refractivity contribution is 6.03. The lowest BCUT2D eigenvalue weighted by Gasteiger charge is -2.15. The second-order valence-electron chi connectivity index (χ2n) is 2.97. The fourth-order valence-corrected chi connectivity index (χ4v) is 1.63. The summed E-state index contributed by atoms with van der Waals surface area (Å²) in [6.07, 6.45) is 6.56. The van der Waals surface area contributed by atoms with E-state index in [9.17, 15) is 4.79 Å². The Kier molecular flexibility index (Phi) is 1.61. The summed E-state index contributed by atoms with van der Waals surface area (Å²) in [5.41, 5.74) is 2.94. The Morgan fingerprint density at radius 3 is 3.08 bits per heavy atom. The second-order valence-corrected chi connectivity index (χ2v) is 2.97. The zero-order chi connectivity index (χ0) is 8.55. The minimum atomic E-state index is 0.266. The number of carbonyl (C=O) groups excluding carboxylic acids is 1. The molecule has 2 nitrogen and oxygen atoms in total. The molecule has 0 saturated carbocycles. The van der Waals surface area contributed by atoms with Gasteiger partial charge in [0.25, 0.3) is 0 Å². The number of hydrogen-bond donors (Lipinski definition) is 1. The van der Waals surface area contributed by atoms with Crippen LogP contribution in [0.3, 0.4) is 0 Å². The van der Waals surface area contributed by atoms with Crippen molar-refractivity contribution in [3.8, 4) is 0 Å². The van der Waals surface area contributed by atoms with Crippen LogP contribution in [0.1, 0.15) is 13.3 Å². The third-order valence-corrected chi connectivity index (χ3v) is 2.24. The molecule has 0 aromatic heterocycles. The lowest BCUT2D eigenvalue weighted by Crippen LogP contribution is -2.25. The van der Waals surface area contributed by atoms with Gasteiger partial charge in [-0.1, -0.05) is 12.2 Å². The van der Waals surface area contributed by atoms with Crippen molar-refractivity contribution >= 4 is 5.78 Å². The topological polar surface area (TPSA) is 29.1 Å². The zero-order valence-corrected chi connectivity index (χ0v) is 7.05. The largest absolute Gasteiger partial charge is 0.384 e. The highest BCUT2D eigenvalue weighted by atomic mass is 16.1. The van der Waals surface area contributed by atoms with Crippen LogP contribution in [0.4, 0.5) is 0 Å². The van der Waals surface area contributed by atoms with Gasteiger partial charge in [0.2, 0.25) is 0 Å². The van der Waals surface area contributed by atoms with Crippen molar-refractivity contribution in [2.45, 2.75) is 13.3 Å². The van der Waals surface area contributed by atoms with Crippen molar-refractivity contribution in [3.63, 3.8) is 0 Å². The summed E-state index contributed by atoms with van der Waals surface area (Å²) in [6.45, 7) is 2.73. The Balaban J connectivity index is 2.47. The SMILES string of the molecule is C/C=C1\C=CC2=C1C(=O)CCN2. The predicted molar refractivity (Wildman–Crippen MR) is 47.5 cm³/mol. The molecule has 2 aliphatic rings. The van der Waals surface area contributed by atoms with Crippen LogP contribution in [0.15, 0.2) is 35.1 Å². The minimum Gasteiger partial charge on any atom is -0.384 e. The molecular weight excluding hydrogens is 150 g/mol. The lowest BCUT2D eigenvalue weighted by molar-refractivity contribution is -0.115. The Morgan fingerprint density at radius 1 is 1.50 bits per heavy atom. The molecule has 0 saturated heterocycles. The van der Waals surface area contributed by atoms with Gasteiger partial charge in [-0.05, 0) is 18.6 Å². The van der Waals surface area contributed by atoms with Gasteiger partial charge in [-0.3, -0.25) is 4.79 Å². The summed E-state index contributed by atoms with van der Waals surface area (Å²) in [4.78, 5) is 11.5. The zero-order valence-electron chi connectivity index (χ0n) is 7.05. The van der Waals surface area contributed by atoms with E-state index in [1.807, 2.05) is 25.2 Å². The quantitative estimate of drug-likeness (QED) is 0.580. The summed E-state index contributed by atoms with van der Waals surface area (Å²) in [6, 6.07) is 0. The summed E-state index contributed by atoms with van der Waals surface area (Å²) < 4.78 is 0. The van der Waals surface area contributed by atoms with Crippen molar-refractivity contribution in [2.24, 2.45) is 0 Å². The van der Waals surface area contributed by atoms with E-state index in [1.165, 1.54) is 0 Å². The van der Waals surface area contributed by atoms with E-state index in [-0.39, 0.29) is 5.78 Å². The van der Waals surface area contributed by atoms with Crippen molar-refractivity contribution < 1.29 is 4.79 Å². The molecule has 1 N–H and O–H groups in total. The number of hydrogen-bond acceptors (Lipinski definition) is 2. The van der Waals surface area contributed by atoms with Crippen molar-refractivity contribution in [3.05, 3.63) is 35.1 Å². The first kappa shape index (κ1) is 7.35. The number of nitrogens with one attached hydrogen (secondary N) is 1. The molecule has 0 atom stereocenters. The number of carbonyl (C=O) groups is 1. The molecule has 1 heterocycles. The maximum atomic E-state index is 11.5. The third kappa shape index (κ3) is 0.916. The molecule has 1 aliphatic heterocycles. The van der Waals surface area contributed by atoms with Crippen molar-refractivity contribution in [1.29, 1.82) is 0 Å². The predicted octanol–water partition coefficient (Wildman–Crippen LogP) is 1.32. The highest BCUT2D eigenvalue weighted by Gasteiger charge is 2.23. The van der Waals surface area contributed by atoms with Crippen molar-refractivity contribution in [2.75, 3.05) is 6.54 Å². The highest BCUT2D eigenvalue weighted by Crippen LogP contribution is 2.26. The minimum absolute atomic E-state index is 0.266. The van der Waals surface area contributed by atoms with Gasteiger partial charge in [-0.25, -0.2) is 0 Å². The lowest BCUT2D eigenvalue weighted by atomic mass is 9.99. The first-order valence-corrected chi connectivity index (χ1v) is 4.19. The number of rotatable bonds is 0. The first-order chi connectivity index (χ1) is 5.83. The molecule has 0 unspecified atom stereocenters. The van der Waals surface area contributed by atoms with Gasteiger partial charge in [-0.2, -0.15) is 0 Å². The van der Waals surface area contributed by atoms with Gasteiger partial charge in [0.1, 0.15) is 0 Å². The second kappa shape index (κ2) is 2.63. The normalized spacial score (nSPS) is 24.8. The fraction of sp³-hybridized carbons (Fsp3) is 0.300. The average molecular weight is 161 g/mol. The molecule has 0 amide bonds. The Morgan fingerprint density at radius 2 is 2.33 bits per heavy atom. The van der Waals surface area contributed by atoms with Crippen LogP contribution in [-0.2, 0) is 4.79 Å². The van der Waals surface area contributed by atoms with Crippen LogP contribution >= 0.6 is 0 Å². The van der Waals surface area contributed by atoms with Crippen LogP contribution in [0.5, 0.6) is 0 Å². The maximum absolute atomic E-state index is 11.5. The average Bonchev–Trinajstić information content (AvgIpc) is 2.49. The molecule has 0 spiro atoms. The summed E-state index contributed by atoms with van der Waals surface area (Å²) in [7, 11) is 0. The van der Waals surface area contributed by atoms with E-state index in [1.54, 1.807) is 0 Å². The molecule has 2 heteroatoms. The van der Waals surface area contributed by atoms with Crippen LogP contribution in [-0.4, -0.2) is 12.3 Å². The molecule has 2 rings (SSSR count). The van der Waals surface area contributed by atoms with E-state index < -0.39 is 0 Å². The molecular formula is C10H11NO. The van der Waals surface area contributed by atoms with Gasteiger partial charge in [0, 0.05) is 24.2 Å². The third-order valence-electron chi connectivity index (χ3n) is 2.24. The monoisotopic (exact) mass is 161 g/mol.